The molecule has 0 aromatic heterocycles. The Labute approximate surface area is 134 Å². The molecule has 124 valence electrons. The number of ether oxygens (including phenoxy) is 1. The molecule has 1 aliphatic rings. The van der Waals surface area contributed by atoms with E-state index in [1.54, 1.807) is 31.2 Å². The molecule has 1 amide bonds. The number of ketones is 1. The van der Waals surface area contributed by atoms with Gasteiger partial charge in [-0.25, -0.2) is 4.79 Å². The molecular weight excluding hydrogens is 298 g/mol. The first-order chi connectivity index (χ1) is 10.8. The standard InChI is InChI=1S/C17H21NO5/c1-11(19)13-6-5-7-14(10-13)23-12(2)15(20)18-17(16(21)22)8-3-4-9-17/h5-7,10,12H,3-4,8-9H2,1-2H3,(H,18,20)(H,21,22). The van der Waals surface area contributed by atoms with Crippen LogP contribution in [0.3, 0.4) is 0 Å². The van der Waals surface area contributed by atoms with Gasteiger partial charge in [0.1, 0.15) is 11.3 Å². The number of aliphatic carboxylic acids is 1. The van der Waals surface area contributed by atoms with Crippen molar-refractivity contribution in [1.82, 2.24) is 5.32 Å². The highest BCUT2D eigenvalue weighted by atomic mass is 16.5. The van der Waals surface area contributed by atoms with E-state index in [9.17, 15) is 19.5 Å². The van der Waals surface area contributed by atoms with Crippen LogP contribution in [0, 0.1) is 0 Å². The normalized spacial score (nSPS) is 17.3. The highest BCUT2D eigenvalue weighted by Crippen LogP contribution is 2.30. The van der Waals surface area contributed by atoms with E-state index >= 15 is 0 Å². The van der Waals surface area contributed by atoms with Gasteiger partial charge in [0.15, 0.2) is 11.9 Å². The van der Waals surface area contributed by atoms with E-state index in [1.165, 1.54) is 6.92 Å². The monoisotopic (exact) mass is 319 g/mol. The summed E-state index contributed by atoms with van der Waals surface area (Å²) in [7, 11) is 0. The molecule has 23 heavy (non-hydrogen) atoms. The quantitative estimate of drug-likeness (QED) is 0.784. The van der Waals surface area contributed by atoms with Gasteiger partial charge < -0.3 is 15.2 Å². The second kappa shape index (κ2) is 6.81. The molecular formula is C17H21NO5. The van der Waals surface area contributed by atoms with Crippen LogP contribution in [-0.4, -0.2) is 34.4 Å². The van der Waals surface area contributed by atoms with Crippen molar-refractivity contribution in [2.45, 2.75) is 51.2 Å². The number of carbonyl (C=O) groups is 3. The predicted molar refractivity (Wildman–Crippen MR) is 83.5 cm³/mol. The number of nitrogens with one attached hydrogen (secondary N) is 1. The van der Waals surface area contributed by atoms with Gasteiger partial charge in [-0.1, -0.05) is 25.0 Å². The number of rotatable bonds is 6. The van der Waals surface area contributed by atoms with Gasteiger partial charge in [0.2, 0.25) is 0 Å². The zero-order chi connectivity index (χ0) is 17.0. The summed E-state index contributed by atoms with van der Waals surface area (Å²) in [6.07, 6.45) is 1.57. The fourth-order valence-corrected chi connectivity index (χ4v) is 2.75. The van der Waals surface area contributed by atoms with E-state index in [0.717, 1.165) is 12.8 Å². The molecule has 1 aliphatic carbocycles. The fraction of sp³-hybridized carbons (Fsp3) is 0.471. The van der Waals surface area contributed by atoms with Crippen molar-refractivity contribution in [3.8, 4) is 5.75 Å². The summed E-state index contributed by atoms with van der Waals surface area (Å²) in [5.74, 6) is -1.17. The van der Waals surface area contributed by atoms with Gasteiger partial charge in [-0.15, -0.1) is 0 Å². The molecule has 6 nitrogen and oxygen atoms in total. The smallest absolute Gasteiger partial charge is 0.329 e. The van der Waals surface area contributed by atoms with E-state index in [2.05, 4.69) is 5.32 Å². The third-order valence-corrected chi connectivity index (χ3v) is 4.15. The maximum Gasteiger partial charge on any atom is 0.329 e. The van der Waals surface area contributed by atoms with E-state index in [1.807, 2.05) is 0 Å². The highest BCUT2D eigenvalue weighted by Gasteiger charge is 2.43. The highest BCUT2D eigenvalue weighted by molar-refractivity contribution is 5.94. The molecule has 0 radical (unpaired) electrons. The van der Waals surface area contributed by atoms with Crippen molar-refractivity contribution in [2.24, 2.45) is 0 Å². The van der Waals surface area contributed by atoms with Crippen molar-refractivity contribution in [1.29, 1.82) is 0 Å². The average Bonchev–Trinajstić information content (AvgIpc) is 2.97. The molecule has 6 heteroatoms. The number of benzene rings is 1. The SMILES string of the molecule is CC(=O)c1cccc(OC(C)C(=O)NC2(C(=O)O)CCCC2)c1. The number of carboxylic acids is 1. The van der Waals surface area contributed by atoms with E-state index in [-0.39, 0.29) is 5.78 Å². The van der Waals surface area contributed by atoms with Gasteiger partial charge in [-0.2, -0.15) is 0 Å². The summed E-state index contributed by atoms with van der Waals surface area (Å²) in [6, 6.07) is 6.55. The third kappa shape index (κ3) is 3.88. The lowest BCUT2D eigenvalue weighted by Crippen LogP contribution is -2.55. The minimum absolute atomic E-state index is 0.0941. The minimum atomic E-state index is -1.18. The van der Waals surface area contributed by atoms with E-state index in [4.69, 9.17) is 4.74 Å². The van der Waals surface area contributed by atoms with Gasteiger partial charge in [0.05, 0.1) is 0 Å². The Morgan fingerprint density at radius 1 is 1.26 bits per heavy atom. The van der Waals surface area contributed by atoms with E-state index in [0.29, 0.717) is 24.2 Å². The fourth-order valence-electron chi connectivity index (χ4n) is 2.75. The van der Waals surface area contributed by atoms with Gasteiger partial charge in [0.25, 0.3) is 5.91 Å². The number of Topliss-reactive ketones (excluding diaryl/α,β-unsaturated/α-hetero) is 1. The molecule has 2 N–H and O–H groups in total. The van der Waals surface area contributed by atoms with Crippen molar-refractivity contribution >= 4 is 17.7 Å². The predicted octanol–water partition coefficient (Wildman–Crippen LogP) is 2.17. The van der Waals surface area contributed by atoms with Crippen LogP contribution in [0.5, 0.6) is 5.75 Å². The topological polar surface area (TPSA) is 92.7 Å². The summed E-state index contributed by atoms with van der Waals surface area (Å²) in [4.78, 5) is 35.1. The number of carboxylic acid groups (broad SMARTS) is 1. The van der Waals surface area contributed by atoms with Crippen LogP contribution < -0.4 is 10.1 Å². The average molecular weight is 319 g/mol. The molecule has 0 spiro atoms. The lowest BCUT2D eigenvalue weighted by atomic mass is 9.97. The van der Waals surface area contributed by atoms with Crippen LogP contribution in [0.15, 0.2) is 24.3 Å². The number of carbonyl (C=O) groups excluding carboxylic acids is 2. The number of amides is 1. The van der Waals surface area contributed by atoms with Crippen LogP contribution >= 0.6 is 0 Å². The molecule has 0 bridgehead atoms. The molecule has 1 fully saturated rings. The zero-order valence-corrected chi connectivity index (χ0v) is 13.3. The number of hydrogen-bond acceptors (Lipinski definition) is 4. The second-order valence-corrected chi connectivity index (χ2v) is 5.93. The summed E-state index contributed by atoms with van der Waals surface area (Å²) < 4.78 is 5.54. The van der Waals surface area contributed by atoms with Crippen molar-refractivity contribution in [2.75, 3.05) is 0 Å². The largest absolute Gasteiger partial charge is 0.481 e. The molecule has 1 aromatic carbocycles. The maximum atomic E-state index is 12.3. The summed E-state index contributed by atoms with van der Waals surface area (Å²) in [5, 5.41) is 12.0. The molecule has 1 aromatic rings. The Morgan fingerprint density at radius 2 is 1.91 bits per heavy atom. The molecule has 2 rings (SSSR count). The van der Waals surface area contributed by atoms with Gasteiger partial charge in [-0.3, -0.25) is 9.59 Å². The lowest BCUT2D eigenvalue weighted by Gasteiger charge is -2.27. The first kappa shape index (κ1) is 17.0. The lowest BCUT2D eigenvalue weighted by molar-refractivity contribution is -0.148. The second-order valence-electron chi connectivity index (χ2n) is 5.93. The van der Waals surface area contributed by atoms with Crippen LogP contribution in [0.2, 0.25) is 0 Å². The molecule has 0 heterocycles. The first-order valence-corrected chi connectivity index (χ1v) is 7.67. The van der Waals surface area contributed by atoms with Crippen LogP contribution in [-0.2, 0) is 9.59 Å². The first-order valence-electron chi connectivity index (χ1n) is 7.67. The Kier molecular flexibility index (Phi) is 5.03. The Bertz CT molecular complexity index is 619. The summed E-state index contributed by atoms with van der Waals surface area (Å²) >= 11 is 0. The zero-order valence-electron chi connectivity index (χ0n) is 13.3. The molecule has 0 saturated heterocycles. The Balaban J connectivity index is 2.04. The molecule has 1 saturated carbocycles. The van der Waals surface area contributed by atoms with Crippen LogP contribution in [0.25, 0.3) is 0 Å². The van der Waals surface area contributed by atoms with Crippen LogP contribution in [0.4, 0.5) is 0 Å². The van der Waals surface area contributed by atoms with Crippen molar-refractivity contribution in [3.63, 3.8) is 0 Å². The van der Waals surface area contributed by atoms with Gasteiger partial charge in [0, 0.05) is 5.56 Å². The summed E-state index contributed by atoms with van der Waals surface area (Å²) in [5.41, 5.74) is -0.691. The molecule has 0 aliphatic heterocycles. The van der Waals surface area contributed by atoms with E-state index < -0.39 is 23.5 Å². The number of hydrogen-bond donors (Lipinski definition) is 2. The van der Waals surface area contributed by atoms with Crippen molar-refractivity contribution in [3.05, 3.63) is 29.8 Å². The Morgan fingerprint density at radius 3 is 2.48 bits per heavy atom. The third-order valence-electron chi connectivity index (χ3n) is 4.15. The maximum absolute atomic E-state index is 12.3. The van der Waals surface area contributed by atoms with Gasteiger partial charge >= 0.3 is 5.97 Å². The Hall–Kier alpha value is -2.37. The van der Waals surface area contributed by atoms with Crippen molar-refractivity contribution < 1.29 is 24.2 Å². The van der Waals surface area contributed by atoms with Crippen LogP contribution in [0.1, 0.15) is 49.9 Å². The molecule has 1 atom stereocenters. The minimum Gasteiger partial charge on any atom is -0.481 e. The summed E-state index contributed by atoms with van der Waals surface area (Å²) in [6.45, 7) is 3.01. The van der Waals surface area contributed by atoms with Gasteiger partial charge in [-0.05, 0) is 38.8 Å². The molecule has 1 unspecified atom stereocenters.